The first-order valence-corrected chi connectivity index (χ1v) is 8.90. The molecule has 4 aromatic rings. The second-order valence-corrected chi connectivity index (χ2v) is 6.66. The summed E-state index contributed by atoms with van der Waals surface area (Å²) in [7, 11) is 0. The smallest absolute Gasteiger partial charge is 0.135 e. The van der Waals surface area contributed by atoms with Crippen molar-refractivity contribution in [3.05, 3.63) is 83.4 Å². The molecule has 2 heterocycles. The zero-order valence-corrected chi connectivity index (χ0v) is 15.5. The maximum Gasteiger partial charge on any atom is 0.135 e. The number of anilines is 1. The van der Waals surface area contributed by atoms with Crippen LogP contribution in [0.25, 0.3) is 22.4 Å². The highest BCUT2D eigenvalue weighted by Gasteiger charge is 2.15. The van der Waals surface area contributed by atoms with E-state index in [9.17, 15) is 0 Å². The van der Waals surface area contributed by atoms with Crippen molar-refractivity contribution in [1.29, 1.82) is 5.26 Å². The first-order chi connectivity index (χ1) is 13.6. The number of rotatable bonds is 4. The van der Waals surface area contributed by atoms with Gasteiger partial charge < -0.3 is 5.73 Å². The van der Waals surface area contributed by atoms with E-state index in [4.69, 9.17) is 22.6 Å². The molecule has 0 unspecified atom stereocenters. The third kappa shape index (κ3) is 3.56. The number of halogens is 1. The van der Waals surface area contributed by atoms with E-state index in [-0.39, 0.29) is 0 Å². The summed E-state index contributed by atoms with van der Waals surface area (Å²) in [6.45, 7) is 0.586. The molecule has 28 heavy (non-hydrogen) atoms. The zero-order valence-electron chi connectivity index (χ0n) is 14.7. The first-order valence-electron chi connectivity index (χ1n) is 8.52. The SMILES string of the molecule is N#Cc1ccc(Cn2cc(-c3ncnc(N)c3-c3ccc(Cl)cc3)cn2)cc1. The fraction of sp³-hybridized carbons (Fsp3) is 0.0476. The van der Waals surface area contributed by atoms with Gasteiger partial charge in [0.15, 0.2) is 0 Å². The minimum absolute atomic E-state index is 0.396. The lowest BCUT2D eigenvalue weighted by molar-refractivity contribution is 0.687. The molecule has 2 aromatic carbocycles. The molecule has 2 N–H and O–H groups in total. The summed E-state index contributed by atoms with van der Waals surface area (Å²) in [5, 5.41) is 14.0. The van der Waals surface area contributed by atoms with Crippen molar-refractivity contribution in [1.82, 2.24) is 19.7 Å². The Bertz CT molecular complexity index is 1160. The molecule has 0 aliphatic rings. The van der Waals surface area contributed by atoms with E-state index in [1.807, 2.05) is 35.1 Å². The lowest BCUT2D eigenvalue weighted by atomic mass is 10.0. The van der Waals surface area contributed by atoms with Crippen molar-refractivity contribution < 1.29 is 0 Å². The van der Waals surface area contributed by atoms with Crippen LogP contribution in [-0.2, 0) is 6.54 Å². The second kappa shape index (κ2) is 7.51. The summed E-state index contributed by atoms with van der Waals surface area (Å²) in [6, 6.07) is 16.9. The number of hydrogen-bond donors (Lipinski definition) is 1. The standard InChI is InChI=1S/C21H15ClN6/c22-18-7-5-16(6-8-18)19-20(25-13-26-21(19)24)17-10-27-28(12-17)11-15-3-1-14(9-23)2-4-15/h1-8,10,12-13H,11H2,(H2,24,25,26). The molecule has 136 valence electrons. The molecule has 0 amide bonds. The molecule has 0 atom stereocenters. The molecular formula is C21H15ClN6. The van der Waals surface area contributed by atoms with Gasteiger partial charge in [0.25, 0.3) is 0 Å². The fourth-order valence-electron chi connectivity index (χ4n) is 2.96. The number of nitriles is 1. The minimum atomic E-state index is 0.396. The van der Waals surface area contributed by atoms with Gasteiger partial charge in [0.05, 0.1) is 35.6 Å². The van der Waals surface area contributed by atoms with Gasteiger partial charge in [0.1, 0.15) is 12.1 Å². The van der Waals surface area contributed by atoms with Crippen LogP contribution in [0.1, 0.15) is 11.1 Å². The third-order valence-electron chi connectivity index (χ3n) is 4.34. The maximum atomic E-state index is 8.91. The van der Waals surface area contributed by atoms with Gasteiger partial charge in [-0.3, -0.25) is 4.68 Å². The van der Waals surface area contributed by atoms with Crippen LogP contribution < -0.4 is 5.73 Å². The van der Waals surface area contributed by atoms with Crippen molar-refractivity contribution in [3.63, 3.8) is 0 Å². The number of aromatic nitrogens is 4. The average molecular weight is 387 g/mol. The van der Waals surface area contributed by atoms with E-state index < -0.39 is 0 Å². The van der Waals surface area contributed by atoms with Crippen LogP contribution in [0, 0.1) is 11.3 Å². The van der Waals surface area contributed by atoms with Crippen LogP contribution >= 0.6 is 11.6 Å². The summed E-state index contributed by atoms with van der Waals surface area (Å²) < 4.78 is 1.82. The van der Waals surface area contributed by atoms with Crippen molar-refractivity contribution in [2.75, 3.05) is 5.73 Å². The molecule has 0 saturated heterocycles. The van der Waals surface area contributed by atoms with E-state index in [1.54, 1.807) is 30.5 Å². The van der Waals surface area contributed by atoms with Gasteiger partial charge in [-0.15, -0.1) is 0 Å². The van der Waals surface area contributed by atoms with Crippen LogP contribution in [-0.4, -0.2) is 19.7 Å². The predicted molar refractivity (Wildman–Crippen MR) is 108 cm³/mol. The average Bonchev–Trinajstić information content (AvgIpc) is 3.17. The molecule has 6 nitrogen and oxygen atoms in total. The molecule has 0 radical (unpaired) electrons. The Hall–Kier alpha value is -3.69. The molecule has 0 aliphatic heterocycles. The fourth-order valence-corrected chi connectivity index (χ4v) is 3.09. The molecule has 0 fully saturated rings. The Morgan fingerprint density at radius 2 is 1.75 bits per heavy atom. The summed E-state index contributed by atoms with van der Waals surface area (Å²) in [6.07, 6.45) is 5.12. The van der Waals surface area contributed by atoms with Crippen molar-refractivity contribution >= 4 is 17.4 Å². The van der Waals surface area contributed by atoms with E-state index in [1.165, 1.54) is 6.33 Å². The van der Waals surface area contributed by atoms with E-state index >= 15 is 0 Å². The predicted octanol–water partition coefficient (Wildman–Crippen LogP) is 4.16. The van der Waals surface area contributed by atoms with Crippen LogP contribution in [0.4, 0.5) is 5.82 Å². The summed E-state index contributed by atoms with van der Waals surface area (Å²) in [5.41, 5.74) is 11.0. The summed E-state index contributed by atoms with van der Waals surface area (Å²) >= 11 is 6.00. The number of benzene rings is 2. The highest BCUT2D eigenvalue weighted by molar-refractivity contribution is 6.30. The molecule has 7 heteroatoms. The van der Waals surface area contributed by atoms with Gasteiger partial charge in [-0.1, -0.05) is 35.9 Å². The lowest BCUT2D eigenvalue weighted by Gasteiger charge is -2.09. The summed E-state index contributed by atoms with van der Waals surface area (Å²) in [4.78, 5) is 8.57. The van der Waals surface area contributed by atoms with Gasteiger partial charge in [-0.05, 0) is 35.4 Å². The molecule has 0 saturated carbocycles. The van der Waals surface area contributed by atoms with Gasteiger partial charge in [0, 0.05) is 16.8 Å². The topological polar surface area (TPSA) is 93.4 Å². The number of hydrogen-bond acceptors (Lipinski definition) is 5. The largest absolute Gasteiger partial charge is 0.383 e. The molecule has 4 rings (SSSR count). The number of nitrogen functional groups attached to an aromatic ring is 1. The highest BCUT2D eigenvalue weighted by atomic mass is 35.5. The normalized spacial score (nSPS) is 10.6. The van der Waals surface area contributed by atoms with Crippen molar-refractivity contribution in [2.45, 2.75) is 6.54 Å². The Morgan fingerprint density at radius 1 is 1.00 bits per heavy atom. The molecule has 2 aromatic heterocycles. The number of nitrogens with two attached hydrogens (primary N) is 1. The van der Waals surface area contributed by atoms with Crippen LogP contribution in [0.2, 0.25) is 5.02 Å². The van der Waals surface area contributed by atoms with Crippen LogP contribution in [0.3, 0.4) is 0 Å². The van der Waals surface area contributed by atoms with Crippen LogP contribution in [0.15, 0.2) is 67.3 Å². The molecule has 0 spiro atoms. The van der Waals surface area contributed by atoms with Crippen LogP contribution in [0.5, 0.6) is 0 Å². The van der Waals surface area contributed by atoms with Crippen molar-refractivity contribution in [2.24, 2.45) is 0 Å². The van der Waals surface area contributed by atoms with E-state index in [0.29, 0.717) is 28.6 Å². The number of nitrogens with zero attached hydrogens (tertiary/aromatic N) is 5. The Labute approximate surface area is 166 Å². The zero-order chi connectivity index (χ0) is 19.5. The highest BCUT2D eigenvalue weighted by Crippen LogP contribution is 2.34. The third-order valence-corrected chi connectivity index (χ3v) is 4.60. The summed E-state index contributed by atoms with van der Waals surface area (Å²) in [5.74, 6) is 0.396. The van der Waals surface area contributed by atoms with Gasteiger partial charge in [-0.25, -0.2) is 9.97 Å². The Morgan fingerprint density at radius 3 is 2.46 bits per heavy atom. The monoisotopic (exact) mass is 386 g/mol. The van der Waals surface area contributed by atoms with Gasteiger partial charge in [0.2, 0.25) is 0 Å². The maximum absolute atomic E-state index is 8.91. The van der Waals surface area contributed by atoms with E-state index in [0.717, 1.165) is 22.3 Å². The lowest BCUT2D eigenvalue weighted by Crippen LogP contribution is -2.00. The Kier molecular flexibility index (Phi) is 4.75. The first kappa shape index (κ1) is 17.7. The van der Waals surface area contributed by atoms with E-state index in [2.05, 4.69) is 21.1 Å². The minimum Gasteiger partial charge on any atom is -0.383 e. The Balaban J connectivity index is 1.68. The van der Waals surface area contributed by atoms with Crippen molar-refractivity contribution in [3.8, 4) is 28.5 Å². The molecular weight excluding hydrogens is 372 g/mol. The second-order valence-electron chi connectivity index (χ2n) is 6.22. The van der Waals surface area contributed by atoms with Gasteiger partial charge in [-0.2, -0.15) is 10.4 Å². The van der Waals surface area contributed by atoms with Gasteiger partial charge >= 0.3 is 0 Å². The quantitative estimate of drug-likeness (QED) is 0.568. The molecule has 0 bridgehead atoms. The molecule has 0 aliphatic carbocycles.